The van der Waals surface area contributed by atoms with Crippen LogP contribution < -0.4 is 16.4 Å². The molecular formula is C17H23N3O6. The van der Waals surface area contributed by atoms with Crippen molar-refractivity contribution in [2.75, 3.05) is 6.54 Å². The summed E-state index contributed by atoms with van der Waals surface area (Å²) in [6.07, 6.45) is -0.471. The molecule has 6 N–H and O–H groups in total. The second-order valence-electron chi connectivity index (χ2n) is 5.72. The largest absolute Gasteiger partial charge is 0.481 e. The molecule has 2 atom stereocenters. The normalized spacial score (nSPS) is 12.7. The Kier molecular flexibility index (Phi) is 8.79. The second kappa shape index (κ2) is 10.8. The predicted octanol–water partition coefficient (Wildman–Crippen LogP) is -0.503. The number of hydrogen-bond acceptors (Lipinski definition) is 5. The van der Waals surface area contributed by atoms with Gasteiger partial charge in [0.2, 0.25) is 11.8 Å². The van der Waals surface area contributed by atoms with Gasteiger partial charge in [-0.05, 0) is 18.4 Å². The molecule has 9 nitrogen and oxygen atoms in total. The molecule has 1 aromatic rings. The number of carbonyl (C=O) groups is 4. The van der Waals surface area contributed by atoms with E-state index in [1.54, 1.807) is 0 Å². The number of carboxylic acid groups (broad SMARTS) is 2. The monoisotopic (exact) mass is 365 g/mol. The third-order valence-electron chi connectivity index (χ3n) is 3.55. The van der Waals surface area contributed by atoms with Crippen LogP contribution in [0.3, 0.4) is 0 Å². The molecule has 0 unspecified atom stereocenters. The van der Waals surface area contributed by atoms with Gasteiger partial charge in [0.1, 0.15) is 6.04 Å². The SMILES string of the molecule is N[C@@H](Cc1ccccc1)C(=O)N[C@@H](CCC(=O)O)C(=O)NCCC(=O)O. The summed E-state index contributed by atoms with van der Waals surface area (Å²) in [7, 11) is 0. The van der Waals surface area contributed by atoms with Crippen LogP contribution in [-0.2, 0) is 25.6 Å². The molecule has 142 valence electrons. The topological polar surface area (TPSA) is 159 Å². The molecule has 0 saturated heterocycles. The second-order valence-corrected chi connectivity index (χ2v) is 5.72. The van der Waals surface area contributed by atoms with Crippen molar-refractivity contribution in [2.24, 2.45) is 5.73 Å². The summed E-state index contributed by atoms with van der Waals surface area (Å²) >= 11 is 0. The number of hydrogen-bond donors (Lipinski definition) is 5. The first-order valence-electron chi connectivity index (χ1n) is 8.10. The molecule has 0 bridgehead atoms. The maximum Gasteiger partial charge on any atom is 0.305 e. The van der Waals surface area contributed by atoms with E-state index in [0.29, 0.717) is 0 Å². The fourth-order valence-electron chi connectivity index (χ4n) is 2.19. The van der Waals surface area contributed by atoms with Crippen LogP contribution in [0.5, 0.6) is 0 Å². The molecule has 1 rings (SSSR count). The summed E-state index contributed by atoms with van der Waals surface area (Å²) in [5.41, 5.74) is 6.71. The minimum absolute atomic E-state index is 0.121. The van der Waals surface area contributed by atoms with Gasteiger partial charge >= 0.3 is 11.9 Å². The third kappa shape index (κ3) is 8.25. The van der Waals surface area contributed by atoms with Crippen molar-refractivity contribution in [1.29, 1.82) is 0 Å². The van der Waals surface area contributed by atoms with Crippen molar-refractivity contribution in [3.63, 3.8) is 0 Å². The van der Waals surface area contributed by atoms with E-state index in [9.17, 15) is 19.2 Å². The van der Waals surface area contributed by atoms with Crippen LogP contribution in [0.4, 0.5) is 0 Å². The summed E-state index contributed by atoms with van der Waals surface area (Å²) in [6, 6.07) is 7.07. The average Bonchev–Trinajstić information content (AvgIpc) is 2.58. The van der Waals surface area contributed by atoms with Gasteiger partial charge < -0.3 is 26.6 Å². The van der Waals surface area contributed by atoms with Gasteiger partial charge in [-0.1, -0.05) is 30.3 Å². The molecule has 0 spiro atoms. The number of amides is 2. The molecule has 0 aliphatic carbocycles. The molecule has 0 aromatic heterocycles. The van der Waals surface area contributed by atoms with Gasteiger partial charge in [-0.2, -0.15) is 0 Å². The Morgan fingerprint density at radius 1 is 0.962 bits per heavy atom. The standard InChI is InChI=1S/C17H23N3O6/c18-12(10-11-4-2-1-3-5-11)16(25)20-13(6-7-14(21)22)17(26)19-9-8-15(23)24/h1-5,12-13H,6-10,18H2,(H,19,26)(H,20,25)(H,21,22)(H,23,24)/t12-,13-/m0/s1. The van der Waals surface area contributed by atoms with Crippen LogP contribution in [-0.4, -0.2) is 52.6 Å². The first-order valence-corrected chi connectivity index (χ1v) is 8.10. The first kappa shape index (κ1) is 21.1. The zero-order valence-corrected chi connectivity index (χ0v) is 14.2. The van der Waals surface area contributed by atoms with Crippen LogP contribution in [0.15, 0.2) is 30.3 Å². The Balaban J connectivity index is 2.64. The minimum atomic E-state index is -1.11. The molecular weight excluding hydrogens is 342 g/mol. The zero-order valence-electron chi connectivity index (χ0n) is 14.2. The lowest BCUT2D eigenvalue weighted by atomic mass is 10.0. The van der Waals surface area contributed by atoms with E-state index in [1.807, 2.05) is 30.3 Å². The van der Waals surface area contributed by atoms with E-state index < -0.39 is 35.8 Å². The van der Waals surface area contributed by atoms with E-state index in [1.165, 1.54) is 0 Å². The number of nitrogens with two attached hydrogens (primary N) is 1. The van der Waals surface area contributed by atoms with Crippen LogP contribution in [0.2, 0.25) is 0 Å². The fourth-order valence-corrected chi connectivity index (χ4v) is 2.19. The van der Waals surface area contributed by atoms with Crippen LogP contribution in [0.25, 0.3) is 0 Å². The first-order chi connectivity index (χ1) is 12.3. The lowest BCUT2D eigenvalue weighted by molar-refractivity contribution is -0.138. The van der Waals surface area contributed by atoms with Gasteiger partial charge in [-0.3, -0.25) is 19.2 Å². The lowest BCUT2D eigenvalue weighted by Crippen LogP contribution is -2.52. The Bertz CT molecular complexity index is 635. The van der Waals surface area contributed by atoms with Crippen molar-refractivity contribution in [3.8, 4) is 0 Å². The molecule has 0 aliphatic rings. The van der Waals surface area contributed by atoms with Gasteiger partial charge in [-0.15, -0.1) is 0 Å². The third-order valence-corrected chi connectivity index (χ3v) is 3.55. The van der Waals surface area contributed by atoms with Crippen molar-refractivity contribution in [3.05, 3.63) is 35.9 Å². The Labute approximate surface area is 150 Å². The number of carbonyl (C=O) groups excluding carboxylic acids is 2. The zero-order chi connectivity index (χ0) is 19.5. The number of benzene rings is 1. The van der Waals surface area contributed by atoms with E-state index >= 15 is 0 Å². The Hall–Kier alpha value is -2.94. The summed E-state index contributed by atoms with van der Waals surface area (Å²) in [5, 5.41) is 22.2. The van der Waals surface area contributed by atoms with E-state index in [0.717, 1.165) is 5.56 Å². The van der Waals surface area contributed by atoms with E-state index in [4.69, 9.17) is 15.9 Å². The molecule has 0 saturated carbocycles. The van der Waals surface area contributed by atoms with E-state index in [-0.39, 0.29) is 32.2 Å². The minimum Gasteiger partial charge on any atom is -0.481 e. The highest BCUT2D eigenvalue weighted by Crippen LogP contribution is 2.04. The summed E-state index contributed by atoms with van der Waals surface area (Å²) < 4.78 is 0. The smallest absolute Gasteiger partial charge is 0.305 e. The van der Waals surface area contributed by atoms with Crippen molar-refractivity contribution >= 4 is 23.8 Å². The van der Waals surface area contributed by atoms with Crippen LogP contribution in [0.1, 0.15) is 24.8 Å². The van der Waals surface area contributed by atoms with Gasteiger partial charge in [0.25, 0.3) is 0 Å². The highest BCUT2D eigenvalue weighted by atomic mass is 16.4. The van der Waals surface area contributed by atoms with Crippen molar-refractivity contribution in [2.45, 2.75) is 37.8 Å². The maximum atomic E-state index is 12.2. The Morgan fingerprint density at radius 2 is 1.58 bits per heavy atom. The molecule has 0 radical (unpaired) electrons. The number of aliphatic carboxylic acids is 2. The van der Waals surface area contributed by atoms with Gasteiger partial charge in [-0.25, -0.2) is 0 Å². The molecule has 1 aromatic carbocycles. The fraction of sp³-hybridized carbons (Fsp3) is 0.412. The molecule has 26 heavy (non-hydrogen) atoms. The van der Waals surface area contributed by atoms with Gasteiger partial charge in [0.05, 0.1) is 12.5 Å². The predicted molar refractivity (Wildman–Crippen MR) is 92.2 cm³/mol. The van der Waals surface area contributed by atoms with Crippen LogP contribution in [0, 0.1) is 0 Å². The molecule has 0 heterocycles. The molecule has 9 heteroatoms. The lowest BCUT2D eigenvalue weighted by Gasteiger charge is -2.20. The number of rotatable bonds is 11. The molecule has 0 fully saturated rings. The number of carboxylic acids is 2. The molecule has 2 amide bonds. The maximum absolute atomic E-state index is 12.2. The quantitative estimate of drug-likeness (QED) is 0.353. The van der Waals surface area contributed by atoms with Gasteiger partial charge in [0.15, 0.2) is 0 Å². The highest BCUT2D eigenvalue weighted by Gasteiger charge is 2.24. The van der Waals surface area contributed by atoms with Crippen LogP contribution >= 0.6 is 0 Å². The average molecular weight is 365 g/mol. The summed E-state index contributed by atoms with van der Waals surface area (Å²) in [4.78, 5) is 45.6. The Morgan fingerprint density at radius 3 is 2.15 bits per heavy atom. The number of nitrogens with one attached hydrogen (secondary N) is 2. The van der Waals surface area contributed by atoms with E-state index in [2.05, 4.69) is 10.6 Å². The van der Waals surface area contributed by atoms with Crippen molar-refractivity contribution < 1.29 is 29.4 Å². The molecule has 0 aliphatic heterocycles. The highest BCUT2D eigenvalue weighted by molar-refractivity contribution is 5.90. The van der Waals surface area contributed by atoms with Crippen molar-refractivity contribution in [1.82, 2.24) is 10.6 Å². The van der Waals surface area contributed by atoms with Gasteiger partial charge in [0, 0.05) is 13.0 Å². The summed E-state index contributed by atoms with van der Waals surface area (Å²) in [5.74, 6) is -3.43. The summed E-state index contributed by atoms with van der Waals surface area (Å²) in [6.45, 7) is -0.121.